The first kappa shape index (κ1) is 15.0. The van der Waals surface area contributed by atoms with Crippen molar-refractivity contribution in [1.29, 1.82) is 0 Å². The maximum absolute atomic E-state index is 11.3. The maximum atomic E-state index is 11.3. The zero-order chi connectivity index (χ0) is 15.2. The smallest absolute Gasteiger partial charge is 0.339 e. The first-order chi connectivity index (χ1) is 10.1. The minimum Gasteiger partial charge on any atom is -0.485 e. The highest BCUT2D eigenvalue weighted by Crippen LogP contribution is 2.18. The molecule has 5 heteroatoms. The Kier molecular flexibility index (Phi) is 4.87. The van der Waals surface area contributed by atoms with Crippen LogP contribution in [0.2, 0.25) is 0 Å². The number of rotatable bonds is 5. The van der Waals surface area contributed by atoms with E-state index in [0.29, 0.717) is 12.2 Å². The maximum Gasteiger partial charge on any atom is 0.339 e. The lowest BCUT2D eigenvalue weighted by Crippen LogP contribution is -2.05. The van der Waals surface area contributed by atoms with E-state index in [0.717, 1.165) is 29.3 Å². The fourth-order valence-corrected chi connectivity index (χ4v) is 1.88. The average molecular weight is 286 g/mol. The van der Waals surface area contributed by atoms with Crippen molar-refractivity contribution in [2.45, 2.75) is 26.9 Å². The third-order valence-corrected chi connectivity index (χ3v) is 3.03. The van der Waals surface area contributed by atoms with Crippen LogP contribution in [0.5, 0.6) is 5.75 Å². The number of pyridine rings is 2. The van der Waals surface area contributed by atoms with Crippen LogP contribution in [0.1, 0.15) is 34.4 Å². The van der Waals surface area contributed by atoms with Crippen molar-refractivity contribution in [1.82, 2.24) is 9.97 Å². The minimum absolute atomic E-state index is 0.333. The molecule has 0 aliphatic heterocycles. The number of methoxy groups -OCH3 is 1. The molecule has 0 unspecified atom stereocenters. The van der Waals surface area contributed by atoms with Gasteiger partial charge < -0.3 is 9.47 Å². The molecule has 0 aliphatic carbocycles. The Morgan fingerprint density at radius 2 is 2.05 bits per heavy atom. The van der Waals surface area contributed by atoms with Gasteiger partial charge in [0.2, 0.25) is 0 Å². The third-order valence-electron chi connectivity index (χ3n) is 3.03. The van der Waals surface area contributed by atoms with Crippen LogP contribution in [-0.2, 0) is 17.8 Å². The van der Waals surface area contributed by atoms with Gasteiger partial charge in [0.1, 0.15) is 12.4 Å². The predicted molar refractivity (Wildman–Crippen MR) is 78.3 cm³/mol. The summed E-state index contributed by atoms with van der Waals surface area (Å²) in [5, 5.41) is 0. The molecule has 0 spiro atoms. The molecule has 0 aliphatic rings. The Labute approximate surface area is 124 Å². The second-order valence-electron chi connectivity index (χ2n) is 4.57. The van der Waals surface area contributed by atoms with E-state index in [9.17, 15) is 4.79 Å². The summed E-state index contributed by atoms with van der Waals surface area (Å²) < 4.78 is 10.4. The summed E-state index contributed by atoms with van der Waals surface area (Å²) in [6.07, 6.45) is 2.30. The lowest BCUT2D eigenvalue weighted by molar-refractivity contribution is 0.0600. The minimum atomic E-state index is -0.397. The van der Waals surface area contributed by atoms with Gasteiger partial charge in [-0.15, -0.1) is 0 Å². The fraction of sp³-hybridized carbons (Fsp3) is 0.312. The van der Waals surface area contributed by atoms with E-state index in [1.807, 2.05) is 26.0 Å². The molecule has 0 saturated heterocycles. The Morgan fingerprint density at radius 1 is 1.24 bits per heavy atom. The van der Waals surface area contributed by atoms with Crippen LogP contribution in [0.3, 0.4) is 0 Å². The summed E-state index contributed by atoms with van der Waals surface area (Å²) in [6.45, 7) is 4.33. The second kappa shape index (κ2) is 6.83. The molecule has 0 amide bonds. The molecule has 0 saturated carbocycles. The molecule has 0 N–H and O–H groups in total. The Hall–Kier alpha value is -2.43. The van der Waals surface area contributed by atoms with Crippen LogP contribution in [0.25, 0.3) is 0 Å². The molecule has 21 heavy (non-hydrogen) atoms. The third kappa shape index (κ3) is 3.78. The normalized spacial score (nSPS) is 10.2. The fourth-order valence-electron chi connectivity index (χ4n) is 1.88. The molecule has 0 bridgehead atoms. The summed E-state index contributed by atoms with van der Waals surface area (Å²) in [5.41, 5.74) is 3.07. The monoisotopic (exact) mass is 286 g/mol. The number of aromatic nitrogens is 2. The quantitative estimate of drug-likeness (QED) is 0.791. The zero-order valence-corrected chi connectivity index (χ0v) is 12.4. The van der Waals surface area contributed by atoms with Crippen molar-refractivity contribution in [3.05, 3.63) is 53.1 Å². The van der Waals surface area contributed by atoms with Gasteiger partial charge in [0.25, 0.3) is 0 Å². The largest absolute Gasteiger partial charge is 0.485 e. The molecule has 2 rings (SSSR count). The highest BCUT2D eigenvalue weighted by atomic mass is 16.5. The molecule has 0 atom stereocenters. The number of ether oxygens (including phenoxy) is 2. The Morgan fingerprint density at radius 3 is 2.67 bits per heavy atom. The lowest BCUT2D eigenvalue weighted by Gasteiger charge is -2.10. The van der Waals surface area contributed by atoms with Crippen LogP contribution >= 0.6 is 0 Å². The number of hydrogen-bond donors (Lipinski definition) is 0. The molecule has 0 fully saturated rings. The average Bonchev–Trinajstić information content (AvgIpc) is 2.53. The first-order valence-corrected chi connectivity index (χ1v) is 6.76. The number of carbonyl (C=O) groups is 1. The van der Waals surface area contributed by atoms with E-state index < -0.39 is 5.97 Å². The van der Waals surface area contributed by atoms with Gasteiger partial charge in [0.05, 0.1) is 24.1 Å². The van der Waals surface area contributed by atoms with E-state index in [1.165, 1.54) is 13.3 Å². The zero-order valence-electron chi connectivity index (χ0n) is 12.4. The van der Waals surface area contributed by atoms with E-state index in [4.69, 9.17) is 4.74 Å². The van der Waals surface area contributed by atoms with Gasteiger partial charge in [-0.05, 0) is 37.6 Å². The van der Waals surface area contributed by atoms with E-state index >= 15 is 0 Å². The summed E-state index contributed by atoms with van der Waals surface area (Å²) in [5.74, 6) is 0.368. The summed E-state index contributed by atoms with van der Waals surface area (Å²) >= 11 is 0. The van der Waals surface area contributed by atoms with Gasteiger partial charge in [-0.3, -0.25) is 9.97 Å². The van der Waals surface area contributed by atoms with Crippen molar-refractivity contribution in [3.63, 3.8) is 0 Å². The summed E-state index contributed by atoms with van der Waals surface area (Å²) in [7, 11) is 1.34. The van der Waals surface area contributed by atoms with Gasteiger partial charge >= 0.3 is 5.97 Å². The van der Waals surface area contributed by atoms with Crippen molar-refractivity contribution < 1.29 is 14.3 Å². The van der Waals surface area contributed by atoms with Gasteiger partial charge in [0.15, 0.2) is 0 Å². The molecule has 0 aromatic carbocycles. The molecule has 110 valence electrons. The lowest BCUT2D eigenvalue weighted by atomic mass is 10.2. The highest BCUT2D eigenvalue weighted by Gasteiger charge is 2.07. The molecular formula is C16H18N2O3. The number of aryl methyl sites for hydroxylation is 2. The van der Waals surface area contributed by atoms with Crippen LogP contribution in [0.4, 0.5) is 0 Å². The number of esters is 1. The summed E-state index contributed by atoms with van der Waals surface area (Å²) in [4.78, 5) is 20.0. The SMILES string of the molecule is CCc1nc(C)ccc1OCc1ccc(C(=O)OC)cn1. The molecule has 0 radical (unpaired) electrons. The highest BCUT2D eigenvalue weighted by molar-refractivity contribution is 5.88. The van der Waals surface area contributed by atoms with Crippen molar-refractivity contribution in [2.75, 3.05) is 7.11 Å². The molecule has 2 aromatic heterocycles. The Balaban J connectivity index is 2.05. The molecule has 5 nitrogen and oxygen atoms in total. The second-order valence-corrected chi connectivity index (χ2v) is 4.57. The van der Waals surface area contributed by atoms with Crippen LogP contribution < -0.4 is 4.74 Å². The van der Waals surface area contributed by atoms with Gasteiger partial charge in [-0.1, -0.05) is 6.92 Å². The van der Waals surface area contributed by atoms with E-state index in [-0.39, 0.29) is 0 Å². The van der Waals surface area contributed by atoms with Crippen molar-refractivity contribution in [2.24, 2.45) is 0 Å². The molecule has 2 heterocycles. The molecule has 2 aromatic rings. The van der Waals surface area contributed by atoms with Gasteiger partial charge in [0, 0.05) is 11.9 Å². The standard InChI is InChI=1S/C16H18N2O3/c1-4-14-15(8-5-11(2)18-14)21-10-13-7-6-12(9-17-13)16(19)20-3/h5-9H,4,10H2,1-3H3. The van der Waals surface area contributed by atoms with Gasteiger partial charge in [-0.25, -0.2) is 4.79 Å². The topological polar surface area (TPSA) is 61.3 Å². The first-order valence-electron chi connectivity index (χ1n) is 6.76. The van der Waals surface area contributed by atoms with Crippen LogP contribution in [0, 0.1) is 6.92 Å². The number of nitrogens with zero attached hydrogens (tertiary/aromatic N) is 2. The van der Waals surface area contributed by atoms with Crippen molar-refractivity contribution in [3.8, 4) is 5.75 Å². The predicted octanol–water partition coefficient (Wildman–Crippen LogP) is 2.71. The van der Waals surface area contributed by atoms with Crippen LogP contribution in [0.15, 0.2) is 30.5 Å². The Bertz CT molecular complexity index is 624. The van der Waals surface area contributed by atoms with E-state index in [1.54, 1.807) is 12.1 Å². The van der Waals surface area contributed by atoms with Gasteiger partial charge in [-0.2, -0.15) is 0 Å². The van der Waals surface area contributed by atoms with Crippen molar-refractivity contribution >= 4 is 5.97 Å². The summed E-state index contributed by atoms with van der Waals surface area (Å²) in [6, 6.07) is 7.26. The molecular weight excluding hydrogens is 268 g/mol. The van der Waals surface area contributed by atoms with E-state index in [2.05, 4.69) is 14.7 Å². The number of hydrogen-bond acceptors (Lipinski definition) is 5. The number of carbonyl (C=O) groups excluding carboxylic acids is 1. The van der Waals surface area contributed by atoms with Crippen LogP contribution in [-0.4, -0.2) is 23.0 Å².